The Hall–Kier alpha value is -2.25. The molecule has 3 aromatic rings. The number of anilines is 1. The predicted octanol–water partition coefficient (Wildman–Crippen LogP) is 4.46. The van der Waals surface area contributed by atoms with Gasteiger partial charge in [-0.25, -0.2) is 4.98 Å². The zero-order valence-corrected chi connectivity index (χ0v) is 17.8. The van der Waals surface area contributed by atoms with Gasteiger partial charge >= 0.3 is 0 Å². The van der Waals surface area contributed by atoms with Gasteiger partial charge in [0.15, 0.2) is 0 Å². The molecule has 2 heterocycles. The third-order valence-electron chi connectivity index (χ3n) is 5.05. The van der Waals surface area contributed by atoms with Gasteiger partial charge in [-0.3, -0.25) is 9.69 Å². The number of nitrogens with one attached hydrogen (secondary N) is 1. The van der Waals surface area contributed by atoms with Gasteiger partial charge < -0.3 is 10.2 Å². The van der Waals surface area contributed by atoms with Crippen LogP contribution in [0.2, 0.25) is 5.02 Å². The Morgan fingerprint density at radius 3 is 2.55 bits per heavy atom. The van der Waals surface area contributed by atoms with Crippen molar-refractivity contribution in [2.24, 2.45) is 0 Å². The molecule has 1 amide bonds. The van der Waals surface area contributed by atoms with E-state index < -0.39 is 0 Å². The molecule has 5 nitrogen and oxygen atoms in total. The highest BCUT2D eigenvalue weighted by Crippen LogP contribution is 2.31. The average molecular weight is 427 g/mol. The van der Waals surface area contributed by atoms with E-state index in [1.54, 1.807) is 6.20 Å². The maximum absolute atomic E-state index is 12.6. The quantitative estimate of drug-likeness (QED) is 0.654. The molecule has 7 heteroatoms. The lowest BCUT2D eigenvalue weighted by Gasteiger charge is -2.32. The van der Waals surface area contributed by atoms with Gasteiger partial charge in [0, 0.05) is 44.0 Å². The van der Waals surface area contributed by atoms with E-state index in [0.717, 1.165) is 49.0 Å². The molecule has 1 aromatic heterocycles. The van der Waals surface area contributed by atoms with E-state index in [2.05, 4.69) is 39.3 Å². The summed E-state index contributed by atoms with van der Waals surface area (Å²) in [5, 5.41) is 4.32. The topological polar surface area (TPSA) is 48.5 Å². The lowest BCUT2D eigenvalue weighted by Crippen LogP contribution is -2.43. The molecular weight excluding hydrogens is 404 g/mol. The number of amides is 1. The lowest BCUT2D eigenvalue weighted by molar-refractivity contribution is 0.103. The fraction of sp³-hybridized carbons (Fsp3) is 0.273. The molecule has 1 N–H and O–H groups in total. The van der Waals surface area contributed by atoms with E-state index in [1.807, 2.05) is 36.4 Å². The Bertz CT molecular complexity index is 980. The van der Waals surface area contributed by atoms with Crippen LogP contribution in [0.4, 0.5) is 5.69 Å². The first-order valence-electron chi connectivity index (χ1n) is 9.60. The fourth-order valence-corrected chi connectivity index (χ4v) is 4.42. The Morgan fingerprint density at radius 1 is 1.10 bits per heavy atom. The van der Waals surface area contributed by atoms with E-state index in [9.17, 15) is 4.79 Å². The SMILES string of the molecule is CN1CCN(Cc2ccc(NC(=O)c3cnc(-c4ccccc4Cl)s3)cc2)CC1. The third-order valence-corrected chi connectivity index (χ3v) is 6.41. The summed E-state index contributed by atoms with van der Waals surface area (Å²) in [5.74, 6) is -0.160. The first kappa shape index (κ1) is 20.0. The summed E-state index contributed by atoms with van der Waals surface area (Å²) >= 11 is 7.57. The van der Waals surface area contributed by atoms with Crippen LogP contribution in [0.5, 0.6) is 0 Å². The molecule has 1 saturated heterocycles. The molecule has 0 bridgehead atoms. The molecule has 0 unspecified atom stereocenters. The van der Waals surface area contributed by atoms with E-state index in [0.29, 0.717) is 9.90 Å². The molecule has 2 aromatic carbocycles. The van der Waals surface area contributed by atoms with Crippen LogP contribution in [0, 0.1) is 0 Å². The second-order valence-corrected chi connectivity index (χ2v) is 8.68. The van der Waals surface area contributed by atoms with Crippen LogP contribution in [0.3, 0.4) is 0 Å². The van der Waals surface area contributed by atoms with Gasteiger partial charge in [-0.15, -0.1) is 11.3 Å². The van der Waals surface area contributed by atoms with Crippen LogP contribution >= 0.6 is 22.9 Å². The highest BCUT2D eigenvalue weighted by Gasteiger charge is 2.15. The maximum atomic E-state index is 12.6. The standard InChI is InChI=1S/C22H23ClN4OS/c1-26-10-12-27(13-11-26)15-16-6-8-17(9-7-16)25-21(28)20-14-24-22(29-20)18-4-2-3-5-19(18)23/h2-9,14H,10-13,15H2,1H3,(H,25,28). The van der Waals surface area contributed by atoms with Crippen molar-refractivity contribution in [3.05, 3.63) is 70.2 Å². The third kappa shape index (κ3) is 5.03. The minimum atomic E-state index is -0.160. The Morgan fingerprint density at radius 2 is 1.83 bits per heavy atom. The predicted molar refractivity (Wildman–Crippen MR) is 120 cm³/mol. The van der Waals surface area contributed by atoms with Crippen LogP contribution in [0.15, 0.2) is 54.7 Å². The summed E-state index contributed by atoms with van der Waals surface area (Å²) in [6.45, 7) is 5.35. The minimum absolute atomic E-state index is 0.160. The summed E-state index contributed by atoms with van der Waals surface area (Å²) in [6, 6.07) is 15.6. The Kier molecular flexibility index (Phi) is 6.25. The summed E-state index contributed by atoms with van der Waals surface area (Å²) < 4.78 is 0. The van der Waals surface area contributed by atoms with Crippen molar-refractivity contribution < 1.29 is 4.79 Å². The number of hydrogen-bond acceptors (Lipinski definition) is 5. The molecule has 0 aliphatic carbocycles. The number of carbonyl (C=O) groups is 1. The number of carbonyl (C=O) groups excluding carboxylic acids is 1. The van der Waals surface area contributed by atoms with Crippen LogP contribution in [-0.2, 0) is 6.54 Å². The largest absolute Gasteiger partial charge is 0.321 e. The van der Waals surface area contributed by atoms with Crippen LogP contribution in [0.1, 0.15) is 15.2 Å². The molecular formula is C22H23ClN4OS. The molecule has 1 aliphatic rings. The number of nitrogens with zero attached hydrogens (tertiary/aromatic N) is 3. The number of hydrogen-bond donors (Lipinski definition) is 1. The van der Waals surface area contributed by atoms with Crippen molar-refractivity contribution in [3.63, 3.8) is 0 Å². The second kappa shape index (κ2) is 9.05. The average Bonchev–Trinajstić information content (AvgIpc) is 3.22. The van der Waals surface area contributed by atoms with Gasteiger partial charge in [0.1, 0.15) is 9.88 Å². The maximum Gasteiger partial charge on any atom is 0.267 e. The van der Waals surface area contributed by atoms with Crippen molar-refractivity contribution in [1.29, 1.82) is 0 Å². The lowest BCUT2D eigenvalue weighted by atomic mass is 10.2. The summed E-state index contributed by atoms with van der Waals surface area (Å²) in [5.41, 5.74) is 2.88. The highest BCUT2D eigenvalue weighted by molar-refractivity contribution is 7.17. The number of thiazole rings is 1. The molecule has 4 rings (SSSR count). The number of rotatable bonds is 5. The van der Waals surface area contributed by atoms with Gasteiger partial charge in [-0.05, 0) is 30.8 Å². The van der Waals surface area contributed by atoms with E-state index in [-0.39, 0.29) is 5.91 Å². The van der Waals surface area contributed by atoms with Gasteiger partial charge in [0.05, 0.1) is 11.2 Å². The number of likely N-dealkylation sites (N-methyl/N-ethyl adjacent to an activating group) is 1. The zero-order chi connectivity index (χ0) is 20.2. The summed E-state index contributed by atoms with van der Waals surface area (Å²) in [7, 11) is 2.16. The number of aromatic nitrogens is 1. The Labute approximate surface area is 179 Å². The molecule has 0 spiro atoms. The van der Waals surface area contributed by atoms with Gasteiger partial charge in [0.25, 0.3) is 5.91 Å². The first-order valence-corrected chi connectivity index (χ1v) is 10.8. The fourth-order valence-electron chi connectivity index (χ4n) is 3.29. The van der Waals surface area contributed by atoms with Crippen molar-refractivity contribution in [2.75, 3.05) is 38.5 Å². The smallest absolute Gasteiger partial charge is 0.267 e. The number of halogens is 1. The monoisotopic (exact) mass is 426 g/mol. The molecule has 1 aliphatic heterocycles. The van der Waals surface area contributed by atoms with Crippen LogP contribution < -0.4 is 5.32 Å². The minimum Gasteiger partial charge on any atom is -0.321 e. The van der Waals surface area contributed by atoms with E-state index >= 15 is 0 Å². The van der Waals surface area contributed by atoms with Crippen molar-refractivity contribution in [3.8, 4) is 10.6 Å². The Balaban J connectivity index is 1.37. The molecule has 29 heavy (non-hydrogen) atoms. The molecule has 150 valence electrons. The number of piperazine rings is 1. The first-order chi connectivity index (χ1) is 14.1. The molecule has 0 atom stereocenters. The van der Waals surface area contributed by atoms with Crippen molar-refractivity contribution >= 4 is 34.5 Å². The highest BCUT2D eigenvalue weighted by atomic mass is 35.5. The van der Waals surface area contributed by atoms with Gasteiger partial charge in [-0.2, -0.15) is 0 Å². The molecule has 0 radical (unpaired) electrons. The van der Waals surface area contributed by atoms with Crippen molar-refractivity contribution in [1.82, 2.24) is 14.8 Å². The zero-order valence-electron chi connectivity index (χ0n) is 16.3. The van der Waals surface area contributed by atoms with Crippen LogP contribution in [0.25, 0.3) is 10.6 Å². The number of benzene rings is 2. The summed E-state index contributed by atoms with van der Waals surface area (Å²) in [6.07, 6.45) is 1.60. The van der Waals surface area contributed by atoms with E-state index in [1.165, 1.54) is 16.9 Å². The van der Waals surface area contributed by atoms with Gasteiger partial charge in [0.2, 0.25) is 0 Å². The second-order valence-electron chi connectivity index (χ2n) is 7.24. The van der Waals surface area contributed by atoms with E-state index in [4.69, 9.17) is 11.6 Å². The van der Waals surface area contributed by atoms with Crippen molar-refractivity contribution in [2.45, 2.75) is 6.54 Å². The summed E-state index contributed by atoms with van der Waals surface area (Å²) in [4.78, 5) is 22.3. The molecule has 1 fully saturated rings. The normalized spacial score (nSPS) is 15.4. The van der Waals surface area contributed by atoms with Crippen LogP contribution in [-0.4, -0.2) is 53.9 Å². The van der Waals surface area contributed by atoms with Gasteiger partial charge in [-0.1, -0.05) is 41.9 Å². The molecule has 0 saturated carbocycles.